The molecule has 1 aromatic carbocycles. The molecule has 0 saturated carbocycles. The summed E-state index contributed by atoms with van der Waals surface area (Å²) in [6.07, 6.45) is 1.23. The first-order valence-electron chi connectivity index (χ1n) is 11.8. The van der Waals surface area contributed by atoms with E-state index < -0.39 is 53.8 Å². The molecule has 5 unspecified atom stereocenters. The molecule has 2 rings (SSSR count). The molecule has 1 aliphatic heterocycles. The number of benzene rings is 1. The fourth-order valence-corrected chi connectivity index (χ4v) is 4.05. The third-order valence-corrected chi connectivity index (χ3v) is 6.27. The van der Waals surface area contributed by atoms with Crippen LogP contribution in [0.1, 0.15) is 45.1 Å². The van der Waals surface area contributed by atoms with E-state index in [1.54, 1.807) is 31.2 Å². The van der Waals surface area contributed by atoms with Gasteiger partial charge in [-0.1, -0.05) is 50.6 Å². The predicted octanol–water partition coefficient (Wildman–Crippen LogP) is -0.477. The highest BCUT2D eigenvalue weighted by atomic mass is 16.4. The molecule has 192 valence electrons. The summed E-state index contributed by atoms with van der Waals surface area (Å²) >= 11 is 0. The number of carbonyl (C=O) groups excluding carboxylic acids is 4. The van der Waals surface area contributed by atoms with Gasteiger partial charge in [0.05, 0.1) is 12.5 Å². The molecule has 4 amide bonds. The summed E-state index contributed by atoms with van der Waals surface area (Å²) in [5, 5.41) is 14.8. The van der Waals surface area contributed by atoms with Gasteiger partial charge in [-0.15, -0.1) is 0 Å². The van der Waals surface area contributed by atoms with Gasteiger partial charge in [0.25, 0.3) is 0 Å². The van der Waals surface area contributed by atoms with Crippen molar-refractivity contribution < 1.29 is 29.1 Å². The van der Waals surface area contributed by atoms with Crippen LogP contribution in [0.25, 0.3) is 0 Å². The van der Waals surface area contributed by atoms with E-state index in [9.17, 15) is 29.1 Å². The number of primary amides is 1. The molecule has 1 fully saturated rings. The molecule has 7 N–H and O–H groups in total. The third-order valence-electron chi connectivity index (χ3n) is 6.27. The summed E-state index contributed by atoms with van der Waals surface area (Å²) in [5.74, 6) is -3.88. The van der Waals surface area contributed by atoms with Gasteiger partial charge >= 0.3 is 5.97 Å². The quantitative estimate of drug-likeness (QED) is 0.262. The number of nitrogens with zero attached hydrogens (tertiary/aromatic N) is 1. The largest absolute Gasteiger partial charge is 0.480 e. The van der Waals surface area contributed by atoms with E-state index in [2.05, 4.69) is 10.6 Å². The van der Waals surface area contributed by atoms with Crippen molar-refractivity contribution in [3.63, 3.8) is 0 Å². The fourth-order valence-electron chi connectivity index (χ4n) is 4.05. The molecule has 0 spiro atoms. The zero-order valence-corrected chi connectivity index (χ0v) is 20.1. The van der Waals surface area contributed by atoms with Crippen LogP contribution < -0.4 is 22.1 Å². The van der Waals surface area contributed by atoms with E-state index in [1.165, 1.54) is 4.90 Å². The van der Waals surface area contributed by atoms with E-state index in [0.29, 0.717) is 25.8 Å². The zero-order valence-electron chi connectivity index (χ0n) is 20.1. The maximum absolute atomic E-state index is 13.4. The maximum Gasteiger partial charge on any atom is 0.326 e. The number of carboxylic acids is 1. The van der Waals surface area contributed by atoms with E-state index in [4.69, 9.17) is 11.5 Å². The van der Waals surface area contributed by atoms with Crippen LogP contribution in [0.15, 0.2) is 30.3 Å². The number of likely N-dealkylation sites (tertiary alicyclic amines) is 1. The van der Waals surface area contributed by atoms with Crippen LogP contribution in [0.2, 0.25) is 0 Å². The lowest BCUT2D eigenvalue weighted by atomic mass is 9.96. The molecule has 0 aromatic heterocycles. The molecule has 1 aliphatic rings. The molecule has 11 nitrogen and oxygen atoms in total. The molecule has 1 saturated heterocycles. The van der Waals surface area contributed by atoms with Gasteiger partial charge in [-0.25, -0.2) is 4.79 Å². The van der Waals surface area contributed by atoms with Crippen LogP contribution in [0.4, 0.5) is 0 Å². The van der Waals surface area contributed by atoms with Crippen LogP contribution in [0.3, 0.4) is 0 Å². The molecule has 0 aliphatic carbocycles. The lowest BCUT2D eigenvalue weighted by molar-refractivity contribution is -0.145. The first-order valence-corrected chi connectivity index (χ1v) is 11.8. The minimum absolute atomic E-state index is 0.103. The molecule has 0 radical (unpaired) electrons. The van der Waals surface area contributed by atoms with Crippen LogP contribution in [0, 0.1) is 5.92 Å². The maximum atomic E-state index is 13.4. The minimum Gasteiger partial charge on any atom is -0.480 e. The zero-order chi connectivity index (χ0) is 26.1. The lowest BCUT2D eigenvalue weighted by Crippen LogP contribution is -2.58. The summed E-state index contributed by atoms with van der Waals surface area (Å²) in [7, 11) is 0. The Morgan fingerprint density at radius 1 is 1.14 bits per heavy atom. The Morgan fingerprint density at radius 3 is 2.37 bits per heavy atom. The molecule has 1 heterocycles. The van der Waals surface area contributed by atoms with Crippen LogP contribution in [-0.4, -0.2) is 70.3 Å². The molecular formula is C24H35N5O6. The highest BCUT2D eigenvalue weighted by Gasteiger charge is 2.40. The Bertz CT molecular complexity index is 924. The minimum atomic E-state index is -1.20. The first-order chi connectivity index (χ1) is 16.5. The van der Waals surface area contributed by atoms with Crippen molar-refractivity contribution >= 4 is 29.6 Å². The van der Waals surface area contributed by atoms with Crippen molar-refractivity contribution in [1.82, 2.24) is 15.5 Å². The average molecular weight is 490 g/mol. The Balaban J connectivity index is 2.14. The number of carbonyl (C=O) groups is 5. The SMILES string of the molecule is CCC(C)C(NC(=O)C(N)CC(N)=O)C(=O)N1CCCC1C(=O)NC(Cc1ccccc1)C(=O)O. The van der Waals surface area contributed by atoms with Crippen molar-refractivity contribution in [1.29, 1.82) is 0 Å². The van der Waals surface area contributed by atoms with Crippen molar-refractivity contribution in [3.8, 4) is 0 Å². The molecule has 11 heteroatoms. The average Bonchev–Trinajstić information content (AvgIpc) is 3.31. The van der Waals surface area contributed by atoms with Crippen molar-refractivity contribution in [3.05, 3.63) is 35.9 Å². The highest BCUT2D eigenvalue weighted by Crippen LogP contribution is 2.22. The summed E-state index contributed by atoms with van der Waals surface area (Å²) in [4.78, 5) is 63.2. The van der Waals surface area contributed by atoms with E-state index >= 15 is 0 Å². The number of nitrogens with two attached hydrogens (primary N) is 2. The number of amides is 4. The second-order valence-corrected chi connectivity index (χ2v) is 8.93. The van der Waals surface area contributed by atoms with Crippen LogP contribution in [0.5, 0.6) is 0 Å². The topological polar surface area (TPSA) is 185 Å². The molecule has 5 atom stereocenters. The second-order valence-electron chi connectivity index (χ2n) is 8.93. The predicted molar refractivity (Wildman–Crippen MR) is 128 cm³/mol. The number of rotatable bonds is 12. The third kappa shape index (κ3) is 7.78. The summed E-state index contributed by atoms with van der Waals surface area (Å²) < 4.78 is 0. The summed E-state index contributed by atoms with van der Waals surface area (Å²) in [5.41, 5.74) is 11.6. The smallest absolute Gasteiger partial charge is 0.326 e. The summed E-state index contributed by atoms with van der Waals surface area (Å²) in [6, 6.07) is 4.76. The number of nitrogens with one attached hydrogen (secondary N) is 2. The molecule has 1 aromatic rings. The van der Waals surface area contributed by atoms with Crippen molar-refractivity contribution in [2.75, 3.05) is 6.54 Å². The Kier molecular flexibility index (Phi) is 10.2. The highest BCUT2D eigenvalue weighted by molar-refractivity contribution is 5.95. The van der Waals surface area contributed by atoms with Gasteiger partial charge in [0.15, 0.2) is 0 Å². The number of hydrogen-bond acceptors (Lipinski definition) is 6. The standard InChI is InChI=1S/C24H35N5O6/c1-3-14(2)20(28-21(31)16(25)13-19(26)30)23(33)29-11-7-10-18(29)22(32)27-17(24(34)35)12-15-8-5-4-6-9-15/h4-6,8-9,14,16-18,20H,3,7,10-13,25H2,1-2H3,(H2,26,30)(H,27,32)(H,28,31)(H,34,35). The van der Waals surface area contributed by atoms with Crippen molar-refractivity contribution in [2.24, 2.45) is 17.4 Å². The number of carboxylic acid groups (broad SMARTS) is 1. The Labute approximate surface area is 204 Å². The summed E-state index contributed by atoms with van der Waals surface area (Å²) in [6.45, 7) is 3.94. The normalized spacial score (nSPS) is 18.7. The van der Waals surface area contributed by atoms with Gasteiger partial charge < -0.3 is 32.1 Å². The number of aliphatic carboxylic acids is 1. The van der Waals surface area contributed by atoms with E-state index in [-0.39, 0.29) is 18.8 Å². The van der Waals surface area contributed by atoms with Gasteiger partial charge in [-0.2, -0.15) is 0 Å². The van der Waals surface area contributed by atoms with E-state index in [1.807, 2.05) is 13.0 Å². The van der Waals surface area contributed by atoms with E-state index in [0.717, 1.165) is 5.56 Å². The van der Waals surface area contributed by atoms with Gasteiger partial charge in [-0.3, -0.25) is 19.2 Å². The van der Waals surface area contributed by atoms with Gasteiger partial charge in [-0.05, 0) is 24.3 Å². The molecular weight excluding hydrogens is 454 g/mol. The second kappa shape index (κ2) is 12.8. The van der Waals surface area contributed by atoms with Crippen LogP contribution >= 0.6 is 0 Å². The Morgan fingerprint density at radius 2 is 1.80 bits per heavy atom. The van der Waals surface area contributed by atoms with Crippen LogP contribution in [-0.2, 0) is 30.4 Å². The monoisotopic (exact) mass is 489 g/mol. The first kappa shape index (κ1) is 27.8. The van der Waals surface area contributed by atoms with Gasteiger partial charge in [0.2, 0.25) is 23.6 Å². The van der Waals surface area contributed by atoms with Gasteiger partial charge in [0.1, 0.15) is 18.1 Å². The molecule has 0 bridgehead atoms. The lowest BCUT2D eigenvalue weighted by Gasteiger charge is -2.32. The fraction of sp³-hybridized carbons (Fsp3) is 0.542. The number of hydrogen-bond donors (Lipinski definition) is 5. The Hall–Kier alpha value is -3.47. The molecule has 35 heavy (non-hydrogen) atoms. The van der Waals surface area contributed by atoms with Crippen molar-refractivity contribution in [2.45, 2.75) is 70.1 Å². The van der Waals surface area contributed by atoms with Gasteiger partial charge in [0, 0.05) is 13.0 Å².